The molecule has 2 atom stereocenters. The first kappa shape index (κ1) is 25.6. The van der Waals surface area contributed by atoms with E-state index in [1.807, 2.05) is 24.3 Å². The molecule has 0 fully saturated rings. The highest BCUT2D eigenvalue weighted by atomic mass is 19.4. The highest BCUT2D eigenvalue weighted by molar-refractivity contribution is 5.79. The Morgan fingerprint density at radius 2 is 1.89 bits per heavy atom. The van der Waals surface area contributed by atoms with Crippen LogP contribution in [-0.4, -0.2) is 50.0 Å². The third kappa shape index (κ3) is 5.67. The second-order valence-electron chi connectivity index (χ2n) is 9.03. The molecule has 1 N–H and O–H groups in total. The van der Waals surface area contributed by atoms with Gasteiger partial charge in [-0.3, -0.25) is 9.29 Å². The second-order valence-corrected chi connectivity index (χ2v) is 9.03. The zero-order valence-corrected chi connectivity index (χ0v) is 19.4. The number of alkyl halides is 4. The van der Waals surface area contributed by atoms with Crippen LogP contribution in [0.15, 0.2) is 42.0 Å². The highest BCUT2D eigenvalue weighted by Crippen LogP contribution is 2.50. The molecule has 1 heterocycles. The molecule has 0 aromatic heterocycles. The molecular formula is C26H28F6N2O. The van der Waals surface area contributed by atoms with E-state index in [1.54, 1.807) is 6.92 Å². The average molecular weight is 499 g/mol. The summed E-state index contributed by atoms with van der Waals surface area (Å²) in [6.07, 6.45) is -3.41. The van der Waals surface area contributed by atoms with Gasteiger partial charge in [-0.25, -0.2) is 8.78 Å². The van der Waals surface area contributed by atoms with Crippen LogP contribution in [-0.2, 0) is 6.42 Å². The van der Waals surface area contributed by atoms with Gasteiger partial charge >= 0.3 is 6.18 Å². The van der Waals surface area contributed by atoms with Crippen LogP contribution in [0.2, 0.25) is 0 Å². The van der Waals surface area contributed by atoms with E-state index in [0.717, 1.165) is 28.8 Å². The van der Waals surface area contributed by atoms with Crippen molar-refractivity contribution in [3.8, 4) is 5.75 Å². The van der Waals surface area contributed by atoms with Crippen LogP contribution in [0.4, 0.5) is 26.3 Å². The number of hydrogen-bond acceptors (Lipinski definition) is 3. The predicted molar refractivity (Wildman–Crippen MR) is 122 cm³/mol. The van der Waals surface area contributed by atoms with E-state index in [-0.39, 0.29) is 24.5 Å². The van der Waals surface area contributed by atoms with Gasteiger partial charge in [0.2, 0.25) is 0 Å². The summed E-state index contributed by atoms with van der Waals surface area (Å²) in [5.41, 5.74) is 3.33. The maximum absolute atomic E-state index is 15.7. The van der Waals surface area contributed by atoms with Crippen molar-refractivity contribution in [3.63, 3.8) is 0 Å². The topological polar surface area (TPSA) is 24.5 Å². The molecule has 1 aliphatic heterocycles. The van der Waals surface area contributed by atoms with Crippen LogP contribution in [0.5, 0.6) is 5.75 Å². The van der Waals surface area contributed by atoms with E-state index < -0.39 is 43.1 Å². The van der Waals surface area contributed by atoms with E-state index in [0.29, 0.717) is 31.4 Å². The van der Waals surface area contributed by atoms with Gasteiger partial charge in [-0.15, -0.1) is 0 Å². The molecule has 3 nitrogen and oxygen atoms in total. The van der Waals surface area contributed by atoms with Crippen molar-refractivity contribution in [2.24, 2.45) is 0 Å². The maximum Gasteiger partial charge on any atom is 0.401 e. The number of halogens is 6. The summed E-state index contributed by atoms with van der Waals surface area (Å²) in [6.45, 7) is 0.680. The molecular weight excluding hydrogens is 470 g/mol. The summed E-state index contributed by atoms with van der Waals surface area (Å²) in [5.74, 6) is -2.01. The van der Waals surface area contributed by atoms with E-state index >= 15 is 4.39 Å². The minimum Gasteiger partial charge on any atom is -0.489 e. The fourth-order valence-electron chi connectivity index (χ4n) is 5.08. The van der Waals surface area contributed by atoms with E-state index in [9.17, 15) is 22.0 Å². The minimum absolute atomic E-state index is 0.00117. The lowest BCUT2D eigenvalue weighted by Crippen LogP contribution is -2.46. The molecule has 0 saturated carbocycles. The fourth-order valence-corrected chi connectivity index (χ4v) is 5.08. The lowest BCUT2D eigenvalue weighted by atomic mass is 9.85. The van der Waals surface area contributed by atoms with Crippen LogP contribution >= 0.6 is 0 Å². The maximum atomic E-state index is 15.7. The average Bonchev–Trinajstić information content (AvgIpc) is 3.16. The number of fused-ring (bicyclic) bond motifs is 2. The van der Waals surface area contributed by atoms with Gasteiger partial charge in [-0.05, 0) is 61.1 Å². The number of nitrogens with zero attached hydrogens (tertiary/aromatic N) is 1. The normalized spacial score (nSPS) is 20.2. The Morgan fingerprint density at radius 3 is 2.63 bits per heavy atom. The van der Waals surface area contributed by atoms with Crippen molar-refractivity contribution < 1.29 is 31.1 Å². The van der Waals surface area contributed by atoms with Crippen molar-refractivity contribution in [1.29, 1.82) is 0 Å². The molecule has 0 radical (unpaired) electrons. The van der Waals surface area contributed by atoms with E-state index in [2.05, 4.69) is 5.32 Å². The van der Waals surface area contributed by atoms with Gasteiger partial charge in [-0.1, -0.05) is 24.3 Å². The third-order valence-electron chi connectivity index (χ3n) is 6.55. The Hall–Kier alpha value is -2.52. The molecule has 190 valence electrons. The van der Waals surface area contributed by atoms with Crippen LogP contribution < -0.4 is 10.1 Å². The SMILES string of the molecule is C[C@@H]1CC2=C(Cc3ccccc32)[C@@H](c2cc(F)cc(OCCNCCCF)c2F)N1CC(F)(F)F. The summed E-state index contributed by atoms with van der Waals surface area (Å²) in [7, 11) is 0. The molecule has 0 amide bonds. The van der Waals surface area contributed by atoms with Crippen molar-refractivity contribution in [2.75, 3.05) is 32.9 Å². The molecule has 0 bridgehead atoms. The summed E-state index contributed by atoms with van der Waals surface area (Å²) in [6, 6.07) is 7.82. The minimum atomic E-state index is -4.51. The lowest BCUT2D eigenvalue weighted by molar-refractivity contribution is -0.155. The molecule has 4 rings (SSSR count). The van der Waals surface area contributed by atoms with Crippen molar-refractivity contribution in [2.45, 2.75) is 44.4 Å². The van der Waals surface area contributed by atoms with Gasteiger partial charge in [0.15, 0.2) is 11.6 Å². The first-order valence-electron chi connectivity index (χ1n) is 11.7. The largest absolute Gasteiger partial charge is 0.489 e. The Balaban J connectivity index is 1.70. The monoisotopic (exact) mass is 498 g/mol. The number of ether oxygens (including phenoxy) is 1. The Morgan fingerprint density at radius 1 is 1.11 bits per heavy atom. The Kier molecular flexibility index (Phi) is 7.76. The quantitative estimate of drug-likeness (QED) is 0.339. The van der Waals surface area contributed by atoms with Crippen LogP contribution in [0.25, 0.3) is 5.57 Å². The smallest absolute Gasteiger partial charge is 0.401 e. The summed E-state index contributed by atoms with van der Waals surface area (Å²) < 4.78 is 88.7. The van der Waals surface area contributed by atoms with Gasteiger partial charge < -0.3 is 10.1 Å². The number of benzene rings is 2. The van der Waals surface area contributed by atoms with E-state index in [4.69, 9.17) is 4.74 Å². The second kappa shape index (κ2) is 10.6. The number of hydrogen-bond donors (Lipinski definition) is 1. The fraction of sp³-hybridized carbons (Fsp3) is 0.462. The zero-order chi connectivity index (χ0) is 25.2. The third-order valence-corrected chi connectivity index (χ3v) is 6.55. The van der Waals surface area contributed by atoms with Crippen molar-refractivity contribution in [1.82, 2.24) is 10.2 Å². The van der Waals surface area contributed by atoms with Crippen LogP contribution in [0.3, 0.4) is 0 Å². The molecule has 9 heteroatoms. The molecule has 2 aromatic carbocycles. The molecule has 0 spiro atoms. The standard InChI is InChI=1S/C26H28F6N2O/c1-16-11-20-19-6-3-2-5-17(19)12-21(20)25(34(16)15-26(30,31)32)22-13-18(28)14-23(24(22)29)35-10-9-33-8-4-7-27/h2-3,5-6,13-14,16,25,33H,4,7-12,15H2,1H3/t16-,25+/m1/s1. The van der Waals surface area contributed by atoms with Gasteiger partial charge in [-0.2, -0.15) is 13.2 Å². The molecule has 1 aliphatic carbocycles. The van der Waals surface area contributed by atoms with Crippen molar-refractivity contribution in [3.05, 3.63) is 70.3 Å². The zero-order valence-electron chi connectivity index (χ0n) is 19.4. The summed E-state index contributed by atoms with van der Waals surface area (Å²) in [4.78, 5) is 1.21. The molecule has 35 heavy (non-hydrogen) atoms. The molecule has 0 unspecified atom stereocenters. The van der Waals surface area contributed by atoms with Gasteiger partial charge in [0.1, 0.15) is 12.4 Å². The van der Waals surface area contributed by atoms with Gasteiger partial charge in [0.05, 0.1) is 19.3 Å². The Labute approximate surface area is 200 Å². The van der Waals surface area contributed by atoms with E-state index in [1.165, 1.54) is 4.90 Å². The summed E-state index contributed by atoms with van der Waals surface area (Å²) >= 11 is 0. The number of nitrogens with one attached hydrogen (secondary N) is 1. The van der Waals surface area contributed by atoms with Gasteiger partial charge in [0.25, 0.3) is 0 Å². The van der Waals surface area contributed by atoms with Gasteiger partial charge in [0, 0.05) is 24.2 Å². The predicted octanol–water partition coefficient (Wildman–Crippen LogP) is 6.00. The Bertz CT molecular complexity index is 1080. The highest BCUT2D eigenvalue weighted by Gasteiger charge is 2.44. The first-order chi connectivity index (χ1) is 16.7. The molecule has 0 saturated heterocycles. The first-order valence-corrected chi connectivity index (χ1v) is 11.7. The lowest BCUT2D eigenvalue weighted by Gasteiger charge is -2.42. The number of rotatable bonds is 9. The summed E-state index contributed by atoms with van der Waals surface area (Å²) in [5, 5.41) is 2.93. The van der Waals surface area contributed by atoms with Crippen LogP contribution in [0.1, 0.15) is 42.5 Å². The molecule has 2 aromatic rings. The molecule has 2 aliphatic rings. The van der Waals surface area contributed by atoms with Crippen LogP contribution in [0, 0.1) is 11.6 Å². The van der Waals surface area contributed by atoms with Crippen molar-refractivity contribution >= 4 is 5.57 Å².